The summed E-state index contributed by atoms with van der Waals surface area (Å²) in [4.78, 5) is 8.71. The quantitative estimate of drug-likeness (QED) is 0.890. The highest BCUT2D eigenvalue weighted by molar-refractivity contribution is 5.50. The molecule has 2 rings (SSSR count). The molecule has 0 aliphatic carbocycles. The average molecular weight is 290 g/mol. The fourth-order valence-corrected chi connectivity index (χ4v) is 2.16. The summed E-state index contributed by atoms with van der Waals surface area (Å²) in [5, 5.41) is 12.4. The fourth-order valence-electron chi connectivity index (χ4n) is 2.16. The molecule has 112 valence electrons. The van der Waals surface area contributed by atoms with E-state index in [1.807, 2.05) is 0 Å². The van der Waals surface area contributed by atoms with E-state index in [4.69, 9.17) is 0 Å². The number of nitrogens with one attached hydrogen (secondary N) is 1. The minimum absolute atomic E-state index is 0.143. The first-order chi connectivity index (χ1) is 9.40. The number of piperidine rings is 1. The van der Waals surface area contributed by atoms with Gasteiger partial charge in [-0.1, -0.05) is 0 Å². The van der Waals surface area contributed by atoms with Gasteiger partial charge in [-0.15, -0.1) is 0 Å². The van der Waals surface area contributed by atoms with Crippen LogP contribution in [0.2, 0.25) is 0 Å². The minimum Gasteiger partial charge on any atom is -0.391 e. The van der Waals surface area contributed by atoms with Gasteiger partial charge in [0.25, 0.3) is 0 Å². The van der Waals surface area contributed by atoms with Crippen LogP contribution in [0.25, 0.3) is 0 Å². The summed E-state index contributed by atoms with van der Waals surface area (Å²) >= 11 is 0. The van der Waals surface area contributed by atoms with Gasteiger partial charge < -0.3 is 15.3 Å². The van der Waals surface area contributed by atoms with Crippen LogP contribution in [-0.2, 0) is 6.18 Å². The highest BCUT2D eigenvalue weighted by atomic mass is 19.4. The molecule has 20 heavy (non-hydrogen) atoms. The Kier molecular flexibility index (Phi) is 4.32. The predicted octanol–water partition coefficient (Wildman–Crippen LogP) is 1.89. The zero-order valence-corrected chi connectivity index (χ0v) is 11.1. The van der Waals surface area contributed by atoms with E-state index in [1.165, 1.54) is 6.07 Å². The van der Waals surface area contributed by atoms with Crippen LogP contribution in [0.4, 0.5) is 24.8 Å². The summed E-state index contributed by atoms with van der Waals surface area (Å²) in [5.74, 6) is -0.821. The van der Waals surface area contributed by atoms with Gasteiger partial charge in [0.15, 0.2) is 0 Å². The van der Waals surface area contributed by atoms with E-state index in [0.717, 1.165) is 6.42 Å². The van der Waals surface area contributed by atoms with E-state index >= 15 is 0 Å². The largest absolute Gasteiger partial charge is 0.451 e. The van der Waals surface area contributed by atoms with E-state index in [0.29, 0.717) is 26.1 Å². The Morgan fingerprint density at radius 3 is 2.80 bits per heavy atom. The van der Waals surface area contributed by atoms with Crippen LogP contribution < -0.4 is 10.2 Å². The smallest absolute Gasteiger partial charge is 0.391 e. The summed E-state index contributed by atoms with van der Waals surface area (Å²) in [6.45, 7) is 3.12. The number of anilines is 2. The molecule has 0 amide bonds. The van der Waals surface area contributed by atoms with Gasteiger partial charge in [-0.25, -0.2) is 9.97 Å². The second-order valence-corrected chi connectivity index (χ2v) is 4.71. The molecule has 1 aromatic heterocycles. The van der Waals surface area contributed by atoms with Crippen LogP contribution in [0.1, 0.15) is 25.6 Å². The van der Waals surface area contributed by atoms with E-state index in [9.17, 15) is 18.3 Å². The molecule has 8 heteroatoms. The summed E-state index contributed by atoms with van der Waals surface area (Å²) in [5.41, 5.74) is 0. The molecule has 0 spiro atoms. The van der Waals surface area contributed by atoms with Crippen molar-refractivity contribution in [2.45, 2.75) is 32.0 Å². The van der Waals surface area contributed by atoms with Crippen molar-refractivity contribution in [3.05, 3.63) is 11.9 Å². The monoisotopic (exact) mass is 290 g/mol. The van der Waals surface area contributed by atoms with E-state index < -0.39 is 18.1 Å². The first-order valence-corrected chi connectivity index (χ1v) is 6.53. The molecule has 0 radical (unpaired) electrons. The molecule has 1 saturated heterocycles. The molecule has 1 unspecified atom stereocenters. The van der Waals surface area contributed by atoms with Crippen molar-refractivity contribution in [3.8, 4) is 0 Å². The van der Waals surface area contributed by atoms with Crippen LogP contribution >= 0.6 is 0 Å². The van der Waals surface area contributed by atoms with E-state index in [1.54, 1.807) is 11.8 Å². The maximum absolute atomic E-state index is 12.8. The summed E-state index contributed by atoms with van der Waals surface area (Å²) in [7, 11) is 0. The standard InChI is InChI=1S/C12H17F3N4O/c1-2-16-9-6-10(18-11(17-9)12(13,14)15)19-5-3-4-8(20)7-19/h6,8,20H,2-5,7H2,1H3,(H,16,17,18). The SMILES string of the molecule is CCNc1cc(N2CCCC(O)C2)nc(C(F)(F)F)n1. The maximum Gasteiger partial charge on any atom is 0.451 e. The Hall–Kier alpha value is -1.57. The van der Waals surface area contributed by atoms with Crippen molar-refractivity contribution in [1.82, 2.24) is 9.97 Å². The van der Waals surface area contributed by atoms with Crippen molar-refractivity contribution < 1.29 is 18.3 Å². The number of aliphatic hydroxyl groups excluding tert-OH is 1. The van der Waals surface area contributed by atoms with Crippen molar-refractivity contribution in [2.75, 3.05) is 29.9 Å². The number of halogens is 3. The first-order valence-electron chi connectivity index (χ1n) is 6.53. The number of hydrogen-bond donors (Lipinski definition) is 2. The zero-order chi connectivity index (χ0) is 14.8. The summed E-state index contributed by atoms with van der Waals surface area (Å²) in [6, 6.07) is 1.48. The molecule has 0 aromatic carbocycles. The topological polar surface area (TPSA) is 61.3 Å². The molecular weight excluding hydrogens is 273 g/mol. The van der Waals surface area contributed by atoms with Gasteiger partial charge >= 0.3 is 6.18 Å². The highest BCUT2D eigenvalue weighted by Crippen LogP contribution is 2.30. The molecule has 5 nitrogen and oxygen atoms in total. The van der Waals surface area contributed by atoms with Crippen LogP contribution in [0.3, 0.4) is 0 Å². The van der Waals surface area contributed by atoms with Crippen LogP contribution in [-0.4, -0.2) is 40.8 Å². The molecule has 0 saturated carbocycles. The van der Waals surface area contributed by atoms with Crippen LogP contribution in [0.15, 0.2) is 6.07 Å². The summed E-state index contributed by atoms with van der Waals surface area (Å²) in [6.07, 6.45) is -3.73. The van der Waals surface area contributed by atoms with Crippen LogP contribution in [0, 0.1) is 0 Å². The molecule has 1 aliphatic heterocycles. The zero-order valence-electron chi connectivity index (χ0n) is 11.1. The normalized spacial score (nSPS) is 20.1. The Morgan fingerprint density at radius 2 is 2.20 bits per heavy atom. The van der Waals surface area contributed by atoms with Gasteiger partial charge in [0.05, 0.1) is 6.10 Å². The number of aromatic nitrogens is 2. The lowest BCUT2D eigenvalue weighted by molar-refractivity contribution is -0.144. The van der Waals surface area contributed by atoms with Gasteiger partial charge in [-0.2, -0.15) is 13.2 Å². The second kappa shape index (κ2) is 5.82. The minimum atomic E-state index is -4.59. The maximum atomic E-state index is 12.8. The molecular formula is C12H17F3N4O. The number of nitrogens with zero attached hydrogens (tertiary/aromatic N) is 3. The third-order valence-corrected chi connectivity index (χ3v) is 3.04. The number of aliphatic hydroxyl groups is 1. The lowest BCUT2D eigenvalue weighted by Gasteiger charge is -2.31. The lowest BCUT2D eigenvalue weighted by atomic mass is 10.1. The third-order valence-electron chi connectivity index (χ3n) is 3.04. The van der Waals surface area contributed by atoms with E-state index in [-0.39, 0.29) is 11.6 Å². The number of β-amino-alcohol motifs (C(OH)–C–C–N with tert-alkyl or cyclic N) is 1. The average Bonchev–Trinajstić information content (AvgIpc) is 2.38. The molecule has 1 aromatic rings. The Labute approximate surface area is 114 Å². The van der Waals surface area contributed by atoms with Gasteiger partial charge in [0, 0.05) is 25.7 Å². The first kappa shape index (κ1) is 14.8. The number of alkyl halides is 3. The molecule has 2 N–H and O–H groups in total. The predicted molar refractivity (Wildman–Crippen MR) is 68.7 cm³/mol. The molecule has 1 fully saturated rings. The summed E-state index contributed by atoms with van der Waals surface area (Å²) < 4.78 is 38.4. The van der Waals surface area contributed by atoms with Crippen molar-refractivity contribution >= 4 is 11.6 Å². The molecule has 1 aliphatic rings. The van der Waals surface area contributed by atoms with Gasteiger partial charge in [0.1, 0.15) is 11.6 Å². The fraction of sp³-hybridized carbons (Fsp3) is 0.667. The van der Waals surface area contributed by atoms with Crippen LogP contribution in [0.5, 0.6) is 0 Å². The number of hydrogen-bond acceptors (Lipinski definition) is 5. The van der Waals surface area contributed by atoms with Gasteiger partial charge in [-0.05, 0) is 19.8 Å². The highest BCUT2D eigenvalue weighted by Gasteiger charge is 2.36. The second-order valence-electron chi connectivity index (χ2n) is 4.71. The Morgan fingerprint density at radius 1 is 1.45 bits per heavy atom. The molecule has 1 atom stereocenters. The van der Waals surface area contributed by atoms with Gasteiger partial charge in [-0.3, -0.25) is 0 Å². The molecule has 2 heterocycles. The van der Waals surface area contributed by atoms with Gasteiger partial charge in [0.2, 0.25) is 5.82 Å². The Bertz CT molecular complexity index is 467. The number of rotatable bonds is 3. The van der Waals surface area contributed by atoms with Crippen molar-refractivity contribution in [2.24, 2.45) is 0 Å². The van der Waals surface area contributed by atoms with Crippen molar-refractivity contribution in [1.29, 1.82) is 0 Å². The third kappa shape index (κ3) is 3.50. The van der Waals surface area contributed by atoms with Crippen molar-refractivity contribution in [3.63, 3.8) is 0 Å². The van der Waals surface area contributed by atoms with E-state index in [2.05, 4.69) is 15.3 Å². The molecule has 0 bridgehead atoms. The Balaban J connectivity index is 2.33. The lowest BCUT2D eigenvalue weighted by Crippen LogP contribution is -2.39.